The third-order valence-electron chi connectivity index (χ3n) is 2.70. The maximum Gasteiger partial charge on any atom is 0.214 e. The molecule has 0 aromatic rings. The molecule has 1 aliphatic heterocycles. The van der Waals surface area contributed by atoms with E-state index in [4.69, 9.17) is 4.74 Å². The molecule has 0 aliphatic carbocycles. The molecule has 0 amide bonds. The third kappa shape index (κ3) is 5.25. The maximum atomic E-state index is 11.6. The summed E-state index contributed by atoms with van der Waals surface area (Å²) < 4.78 is 30.9. The molecular weight excluding hydrogens is 230 g/mol. The zero-order chi connectivity index (χ0) is 12.0. The predicted octanol–water partition coefficient (Wildman–Crippen LogP) is 0.246. The van der Waals surface area contributed by atoms with Crippen LogP contribution in [0.2, 0.25) is 0 Å². The zero-order valence-corrected chi connectivity index (χ0v) is 10.5. The van der Waals surface area contributed by atoms with Gasteiger partial charge in [0.05, 0.1) is 18.0 Å². The Morgan fingerprint density at radius 2 is 2.31 bits per heavy atom. The van der Waals surface area contributed by atoms with Gasteiger partial charge < -0.3 is 9.84 Å². The van der Waals surface area contributed by atoms with Crippen LogP contribution in [0.5, 0.6) is 0 Å². The van der Waals surface area contributed by atoms with Crippen molar-refractivity contribution in [2.75, 3.05) is 18.9 Å². The van der Waals surface area contributed by atoms with E-state index in [9.17, 15) is 13.5 Å². The van der Waals surface area contributed by atoms with Crippen molar-refractivity contribution < 1.29 is 18.3 Å². The van der Waals surface area contributed by atoms with E-state index in [-0.39, 0.29) is 11.9 Å². The highest BCUT2D eigenvalue weighted by Gasteiger charge is 2.22. The van der Waals surface area contributed by atoms with Gasteiger partial charge in [0.2, 0.25) is 10.0 Å². The topological polar surface area (TPSA) is 75.6 Å². The van der Waals surface area contributed by atoms with E-state index in [1.54, 1.807) is 0 Å². The van der Waals surface area contributed by atoms with Crippen LogP contribution in [0.15, 0.2) is 0 Å². The first-order valence-electron chi connectivity index (χ1n) is 5.80. The molecule has 0 aromatic heterocycles. The molecule has 0 saturated carbocycles. The lowest BCUT2D eigenvalue weighted by Gasteiger charge is -2.12. The Bertz CT molecular complexity index is 285. The average Bonchev–Trinajstić information content (AvgIpc) is 2.69. The second kappa shape index (κ2) is 6.54. The first-order valence-corrected chi connectivity index (χ1v) is 7.45. The van der Waals surface area contributed by atoms with Crippen molar-refractivity contribution in [1.29, 1.82) is 0 Å². The predicted molar refractivity (Wildman–Crippen MR) is 61.7 cm³/mol. The van der Waals surface area contributed by atoms with Gasteiger partial charge in [-0.1, -0.05) is 6.92 Å². The number of aliphatic hydroxyl groups excluding tert-OH is 1. The van der Waals surface area contributed by atoms with Crippen LogP contribution in [0.1, 0.15) is 32.6 Å². The maximum absolute atomic E-state index is 11.6. The summed E-state index contributed by atoms with van der Waals surface area (Å²) in [4.78, 5) is 0. The summed E-state index contributed by atoms with van der Waals surface area (Å²) in [6.45, 7) is 2.82. The van der Waals surface area contributed by atoms with E-state index in [0.717, 1.165) is 12.8 Å². The number of sulfonamides is 1. The van der Waals surface area contributed by atoms with Gasteiger partial charge in [-0.25, -0.2) is 13.1 Å². The normalized spacial score (nSPS) is 23.5. The Kier molecular flexibility index (Phi) is 5.68. The van der Waals surface area contributed by atoms with Crippen molar-refractivity contribution in [2.24, 2.45) is 0 Å². The molecule has 1 fully saturated rings. The Labute approximate surface area is 97.2 Å². The molecule has 2 N–H and O–H groups in total. The lowest BCUT2D eigenvalue weighted by molar-refractivity contribution is 0.127. The molecule has 1 saturated heterocycles. The minimum atomic E-state index is -3.26. The first kappa shape index (κ1) is 13.9. The number of hydrogen-bond donors (Lipinski definition) is 2. The molecule has 5 nitrogen and oxygen atoms in total. The van der Waals surface area contributed by atoms with Crippen molar-refractivity contribution in [3.05, 3.63) is 0 Å². The van der Waals surface area contributed by atoms with Gasteiger partial charge in [0.25, 0.3) is 0 Å². The van der Waals surface area contributed by atoms with Gasteiger partial charge in [-0.15, -0.1) is 0 Å². The fourth-order valence-electron chi connectivity index (χ4n) is 1.66. The van der Waals surface area contributed by atoms with Crippen LogP contribution < -0.4 is 4.72 Å². The van der Waals surface area contributed by atoms with Crippen LogP contribution in [0.25, 0.3) is 0 Å². The molecule has 1 rings (SSSR count). The number of aliphatic hydroxyl groups is 1. The standard InChI is InChI=1S/C10H21NO4S/c1-2-9(12)5-6-11-16(13,14)8-10-4-3-7-15-10/h9-12H,2-8H2,1H3. The summed E-state index contributed by atoms with van der Waals surface area (Å²) in [5.41, 5.74) is 0. The van der Waals surface area contributed by atoms with Crippen LogP contribution in [-0.4, -0.2) is 44.6 Å². The molecule has 0 radical (unpaired) electrons. The molecule has 0 aromatic carbocycles. The van der Waals surface area contributed by atoms with Gasteiger partial charge in [0.1, 0.15) is 0 Å². The summed E-state index contributed by atoms with van der Waals surface area (Å²) in [7, 11) is -3.26. The first-order chi connectivity index (χ1) is 7.53. The molecule has 6 heteroatoms. The summed E-state index contributed by atoms with van der Waals surface area (Å²) >= 11 is 0. The SMILES string of the molecule is CCC(O)CCNS(=O)(=O)CC1CCCO1. The lowest BCUT2D eigenvalue weighted by Crippen LogP contribution is -2.33. The van der Waals surface area contributed by atoms with Gasteiger partial charge in [0.15, 0.2) is 0 Å². The van der Waals surface area contributed by atoms with Crippen molar-refractivity contribution in [3.63, 3.8) is 0 Å². The van der Waals surface area contributed by atoms with Gasteiger partial charge in [0, 0.05) is 13.2 Å². The number of hydrogen-bond acceptors (Lipinski definition) is 4. The van der Waals surface area contributed by atoms with Crippen LogP contribution in [0, 0.1) is 0 Å². The van der Waals surface area contributed by atoms with E-state index in [1.165, 1.54) is 0 Å². The number of rotatable bonds is 7. The van der Waals surface area contributed by atoms with Crippen molar-refractivity contribution in [2.45, 2.75) is 44.8 Å². The second-order valence-electron chi connectivity index (χ2n) is 4.16. The lowest BCUT2D eigenvalue weighted by atomic mass is 10.2. The van der Waals surface area contributed by atoms with Crippen LogP contribution in [-0.2, 0) is 14.8 Å². The van der Waals surface area contributed by atoms with Crippen LogP contribution in [0.3, 0.4) is 0 Å². The van der Waals surface area contributed by atoms with E-state index >= 15 is 0 Å². The summed E-state index contributed by atoms with van der Waals surface area (Å²) in [5, 5.41) is 9.28. The average molecular weight is 251 g/mol. The van der Waals surface area contributed by atoms with Crippen molar-refractivity contribution >= 4 is 10.0 Å². The monoisotopic (exact) mass is 251 g/mol. The van der Waals surface area contributed by atoms with Crippen molar-refractivity contribution in [1.82, 2.24) is 4.72 Å². The van der Waals surface area contributed by atoms with Gasteiger partial charge in [-0.3, -0.25) is 0 Å². The molecule has 0 bridgehead atoms. The van der Waals surface area contributed by atoms with Crippen molar-refractivity contribution in [3.8, 4) is 0 Å². The minimum Gasteiger partial charge on any atom is -0.393 e. The Balaban J connectivity index is 2.23. The van der Waals surface area contributed by atoms with Crippen LogP contribution >= 0.6 is 0 Å². The molecule has 1 heterocycles. The summed E-state index contributed by atoms with van der Waals surface area (Å²) in [6.07, 6.45) is 2.28. The Morgan fingerprint density at radius 3 is 2.88 bits per heavy atom. The van der Waals surface area contributed by atoms with Crippen LogP contribution in [0.4, 0.5) is 0 Å². The molecular formula is C10H21NO4S. The molecule has 0 spiro atoms. The van der Waals surface area contributed by atoms with E-state index < -0.39 is 16.1 Å². The third-order valence-corrected chi connectivity index (χ3v) is 4.15. The fraction of sp³-hybridized carbons (Fsp3) is 1.00. The van der Waals surface area contributed by atoms with Gasteiger partial charge in [-0.05, 0) is 25.7 Å². The quantitative estimate of drug-likeness (QED) is 0.680. The molecule has 16 heavy (non-hydrogen) atoms. The van der Waals surface area contributed by atoms with Gasteiger partial charge in [-0.2, -0.15) is 0 Å². The largest absolute Gasteiger partial charge is 0.393 e. The molecule has 2 unspecified atom stereocenters. The highest BCUT2D eigenvalue weighted by Crippen LogP contribution is 2.13. The smallest absolute Gasteiger partial charge is 0.214 e. The molecule has 2 atom stereocenters. The highest BCUT2D eigenvalue weighted by molar-refractivity contribution is 7.89. The van der Waals surface area contributed by atoms with Gasteiger partial charge >= 0.3 is 0 Å². The molecule has 1 aliphatic rings. The number of nitrogens with one attached hydrogen (secondary N) is 1. The summed E-state index contributed by atoms with van der Waals surface area (Å²) in [6, 6.07) is 0. The second-order valence-corrected chi connectivity index (χ2v) is 6.01. The molecule has 96 valence electrons. The highest BCUT2D eigenvalue weighted by atomic mass is 32.2. The summed E-state index contributed by atoms with van der Waals surface area (Å²) in [5.74, 6) is 0.0369. The minimum absolute atomic E-state index is 0.0369. The van der Waals surface area contributed by atoms with E-state index in [1.807, 2.05) is 6.92 Å². The Morgan fingerprint density at radius 1 is 1.56 bits per heavy atom. The van der Waals surface area contributed by atoms with E-state index in [2.05, 4.69) is 4.72 Å². The number of ether oxygens (including phenoxy) is 1. The Hall–Kier alpha value is -0.170. The fourth-order valence-corrected chi connectivity index (χ4v) is 2.96. The van der Waals surface area contributed by atoms with E-state index in [0.29, 0.717) is 26.0 Å². The zero-order valence-electron chi connectivity index (χ0n) is 9.68.